The summed E-state index contributed by atoms with van der Waals surface area (Å²) in [6, 6.07) is 10.8. The molecule has 0 aromatic heterocycles. The fourth-order valence-corrected chi connectivity index (χ4v) is 4.07. The van der Waals surface area contributed by atoms with Crippen LogP contribution in [0.15, 0.2) is 53.4 Å². The highest BCUT2D eigenvalue weighted by molar-refractivity contribution is 7.90. The largest absolute Gasteiger partial charge is 0.462 e. The highest BCUT2D eigenvalue weighted by Gasteiger charge is 2.18. The van der Waals surface area contributed by atoms with Crippen LogP contribution in [-0.4, -0.2) is 50.5 Å². The number of amides is 4. The summed E-state index contributed by atoms with van der Waals surface area (Å²) in [6.45, 7) is 5.01. The maximum atomic E-state index is 12.3. The lowest BCUT2D eigenvalue weighted by Gasteiger charge is -2.15. The van der Waals surface area contributed by atoms with Gasteiger partial charge >= 0.3 is 18.0 Å². The number of anilines is 1. The van der Waals surface area contributed by atoms with Gasteiger partial charge in [0.25, 0.3) is 10.0 Å². The lowest BCUT2D eigenvalue weighted by atomic mass is 10.2. The maximum absolute atomic E-state index is 12.3. The molecule has 0 atom stereocenters. The van der Waals surface area contributed by atoms with E-state index in [1.54, 1.807) is 12.1 Å². The first-order valence-electron chi connectivity index (χ1n) is 11.5. The molecule has 36 heavy (non-hydrogen) atoms. The van der Waals surface area contributed by atoms with E-state index in [-0.39, 0.29) is 28.8 Å². The molecule has 10 nitrogen and oxygen atoms in total. The summed E-state index contributed by atoms with van der Waals surface area (Å²) < 4.78 is 33.2. The van der Waals surface area contributed by atoms with Gasteiger partial charge in [0.2, 0.25) is 0 Å². The molecule has 196 valence electrons. The van der Waals surface area contributed by atoms with Gasteiger partial charge in [0.15, 0.2) is 0 Å². The Morgan fingerprint density at radius 2 is 1.75 bits per heavy atom. The van der Waals surface area contributed by atoms with Crippen molar-refractivity contribution in [2.75, 3.05) is 25.0 Å². The van der Waals surface area contributed by atoms with E-state index >= 15 is 0 Å². The number of thiol groups is 1. The number of benzene rings is 2. The van der Waals surface area contributed by atoms with Gasteiger partial charge in [-0.05, 0) is 56.5 Å². The van der Waals surface area contributed by atoms with E-state index in [0.29, 0.717) is 25.9 Å². The van der Waals surface area contributed by atoms with E-state index in [9.17, 15) is 22.8 Å². The second-order valence-corrected chi connectivity index (χ2v) is 10.2. The first-order valence-corrected chi connectivity index (χ1v) is 13.4. The molecule has 0 bridgehead atoms. The highest BCUT2D eigenvalue weighted by atomic mass is 32.2. The quantitative estimate of drug-likeness (QED) is 0.183. The summed E-state index contributed by atoms with van der Waals surface area (Å²) in [5.41, 5.74) is 1.31. The average molecular weight is 537 g/mol. The van der Waals surface area contributed by atoms with Crippen LogP contribution in [0.4, 0.5) is 15.3 Å². The minimum Gasteiger partial charge on any atom is -0.462 e. The number of carbonyl (C=O) groups is 3. The normalized spacial score (nSPS) is 10.9. The number of sulfonamides is 1. The van der Waals surface area contributed by atoms with Crippen molar-refractivity contribution in [3.05, 3.63) is 59.7 Å². The van der Waals surface area contributed by atoms with E-state index in [0.717, 1.165) is 18.4 Å². The van der Waals surface area contributed by atoms with Crippen molar-refractivity contribution in [2.45, 2.75) is 44.4 Å². The van der Waals surface area contributed by atoms with Crippen molar-refractivity contribution in [2.24, 2.45) is 0 Å². The standard InChI is InChI=1S/C24H32N4O6S2/c1-3-4-15-28(35)24(31)25-14-5-6-16-34-22(29)19-8-7-9-20(17-19)26-23(30)27-36(32,33)21-12-10-18(2)11-13-21/h7-13,17,35H,3-6,14-16H2,1-2H3,(H,25,31)(H2,26,27,30). The molecule has 2 aromatic rings. The van der Waals surface area contributed by atoms with Crippen molar-refractivity contribution in [1.82, 2.24) is 14.3 Å². The Bertz CT molecular complexity index is 1140. The van der Waals surface area contributed by atoms with Crippen molar-refractivity contribution in [1.29, 1.82) is 0 Å². The molecule has 0 heterocycles. The van der Waals surface area contributed by atoms with Crippen LogP contribution in [0.2, 0.25) is 0 Å². The topological polar surface area (TPSA) is 134 Å². The van der Waals surface area contributed by atoms with Gasteiger partial charge in [-0.25, -0.2) is 27.5 Å². The van der Waals surface area contributed by atoms with Gasteiger partial charge in [0, 0.05) is 18.8 Å². The summed E-state index contributed by atoms with van der Waals surface area (Å²) in [4.78, 5) is 36.3. The molecule has 2 aromatic carbocycles. The van der Waals surface area contributed by atoms with Crippen LogP contribution in [0.1, 0.15) is 48.5 Å². The minimum atomic E-state index is -4.04. The molecule has 0 aliphatic heterocycles. The molecule has 0 saturated carbocycles. The minimum absolute atomic E-state index is 0.0421. The number of aryl methyl sites for hydroxylation is 1. The number of carbonyl (C=O) groups excluding carboxylic acids is 3. The van der Waals surface area contributed by atoms with Crippen LogP contribution in [0.25, 0.3) is 0 Å². The molecule has 0 spiro atoms. The Labute approximate surface area is 217 Å². The first kappa shape index (κ1) is 29.0. The van der Waals surface area contributed by atoms with Crippen molar-refractivity contribution < 1.29 is 27.5 Å². The average Bonchev–Trinajstić information content (AvgIpc) is 2.84. The molecule has 0 unspecified atom stereocenters. The third-order valence-electron chi connectivity index (χ3n) is 4.95. The zero-order chi connectivity index (χ0) is 26.6. The molecule has 4 amide bonds. The summed E-state index contributed by atoms with van der Waals surface area (Å²) >= 11 is 4.13. The van der Waals surface area contributed by atoms with Crippen LogP contribution < -0.4 is 15.4 Å². The third-order valence-corrected chi connectivity index (χ3v) is 6.68. The summed E-state index contributed by atoms with van der Waals surface area (Å²) in [5, 5.41) is 5.15. The third kappa shape index (κ3) is 9.78. The fourth-order valence-electron chi connectivity index (χ4n) is 2.95. The van der Waals surface area contributed by atoms with E-state index in [4.69, 9.17) is 4.74 Å². The molecule has 12 heteroatoms. The lowest BCUT2D eigenvalue weighted by Crippen LogP contribution is -2.35. The molecule has 3 N–H and O–H groups in total. The van der Waals surface area contributed by atoms with E-state index < -0.39 is 22.0 Å². The Morgan fingerprint density at radius 3 is 2.44 bits per heavy atom. The molecule has 2 rings (SSSR count). The van der Waals surface area contributed by atoms with Gasteiger partial charge in [-0.3, -0.25) is 4.31 Å². The molecular formula is C24H32N4O6S2. The van der Waals surface area contributed by atoms with Gasteiger partial charge in [-0.2, -0.15) is 0 Å². The SMILES string of the molecule is CCCCN(S)C(=O)NCCCCOC(=O)c1cccc(NC(=O)NS(=O)(=O)c2ccc(C)cc2)c1. The summed E-state index contributed by atoms with van der Waals surface area (Å²) in [7, 11) is -4.04. The van der Waals surface area contributed by atoms with Gasteiger partial charge in [-0.1, -0.05) is 49.9 Å². The summed E-state index contributed by atoms with van der Waals surface area (Å²) in [6.07, 6.45) is 3.01. The van der Waals surface area contributed by atoms with Crippen molar-refractivity contribution >= 4 is 46.6 Å². The second-order valence-electron chi connectivity index (χ2n) is 8.01. The van der Waals surface area contributed by atoms with Crippen molar-refractivity contribution in [3.8, 4) is 0 Å². The number of urea groups is 2. The van der Waals surface area contributed by atoms with Crippen LogP contribution in [0, 0.1) is 6.92 Å². The van der Waals surface area contributed by atoms with E-state index in [2.05, 4.69) is 23.4 Å². The van der Waals surface area contributed by atoms with Crippen LogP contribution in [-0.2, 0) is 14.8 Å². The van der Waals surface area contributed by atoms with Crippen LogP contribution in [0.3, 0.4) is 0 Å². The number of esters is 1. The fraction of sp³-hybridized carbons (Fsp3) is 0.375. The number of unbranched alkanes of at least 4 members (excludes halogenated alkanes) is 2. The van der Waals surface area contributed by atoms with Crippen LogP contribution in [0.5, 0.6) is 0 Å². The molecule has 0 aliphatic rings. The maximum Gasteiger partial charge on any atom is 0.338 e. The zero-order valence-corrected chi connectivity index (χ0v) is 22.0. The number of ether oxygens (including phenoxy) is 1. The van der Waals surface area contributed by atoms with Gasteiger partial charge in [-0.15, -0.1) is 0 Å². The van der Waals surface area contributed by atoms with Gasteiger partial charge in [0.1, 0.15) is 0 Å². The molecular weight excluding hydrogens is 504 g/mol. The highest BCUT2D eigenvalue weighted by Crippen LogP contribution is 2.14. The van der Waals surface area contributed by atoms with E-state index in [1.807, 2.05) is 18.6 Å². The summed E-state index contributed by atoms with van der Waals surface area (Å²) in [5.74, 6) is -0.587. The second kappa shape index (κ2) is 14.3. The molecule has 0 aliphatic carbocycles. The lowest BCUT2D eigenvalue weighted by molar-refractivity contribution is 0.0498. The zero-order valence-electron chi connectivity index (χ0n) is 20.3. The van der Waals surface area contributed by atoms with Gasteiger partial charge < -0.3 is 15.4 Å². The Kier molecular flexibility index (Phi) is 11.5. The molecule has 0 saturated heterocycles. The Morgan fingerprint density at radius 1 is 1.03 bits per heavy atom. The predicted octanol–water partition coefficient (Wildman–Crippen LogP) is 4.10. The first-order chi connectivity index (χ1) is 17.1. The predicted molar refractivity (Wildman–Crippen MR) is 140 cm³/mol. The Hall–Kier alpha value is -3.25. The smallest absolute Gasteiger partial charge is 0.338 e. The van der Waals surface area contributed by atoms with Crippen LogP contribution >= 0.6 is 12.8 Å². The van der Waals surface area contributed by atoms with Gasteiger partial charge in [0.05, 0.1) is 17.1 Å². The van der Waals surface area contributed by atoms with Crippen molar-refractivity contribution in [3.63, 3.8) is 0 Å². The van der Waals surface area contributed by atoms with E-state index in [1.165, 1.54) is 40.7 Å². The number of hydrogen-bond donors (Lipinski definition) is 4. The molecule has 0 fully saturated rings. The monoisotopic (exact) mass is 536 g/mol. The molecule has 0 radical (unpaired) electrons. The number of rotatable bonds is 12. The number of nitrogens with zero attached hydrogens (tertiary/aromatic N) is 1. The Balaban J connectivity index is 1.76. The number of hydrogen-bond acceptors (Lipinski definition) is 7. The number of nitrogens with one attached hydrogen (secondary N) is 3.